The van der Waals surface area contributed by atoms with E-state index in [0.29, 0.717) is 11.3 Å². The summed E-state index contributed by atoms with van der Waals surface area (Å²) in [5, 5.41) is 0.794. The van der Waals surface area contributed by atoms with Gasteiger partial charge in [0.05, 0.1) is 7.11 Å². The summed E-state index contributed by atoms with van der Waals surface area (Å²) in [4.78, 5) is 0. The summed E-state index contributed by atoms with van der Waals surface area (Å²) in [5.41, 5.74) is 2.23. The lowest BCUT2D eigenvalue weighted by Crippen LogP contribution is -1.83. The number of fused-ring (bicyclic) bond motifs is 1. The van der Waals surface area contributed by atoms with Crippen LogP contribution in [0.1, 0.15) is 5.76 Å². The van der Waals surface area contributed by atoms with Gasteiger partial charge in [-0.25, -0.2) is 4.39 Å². The lowest BCUT2D eigenvalue weighted by Gasteiger charge is -2.03. The number of benzene rings is 2. The van der Waals surface area contributed by atoms with Gasteiger partial charge in [-0.2, -0.15) is 0 Å². The van der Waals surface area contributed by atoms with Gasteiger partial charge in [-0.05, 0) is 30.7 Å². The zero-order chi connectivity index (χ0) is 13.4. The minimum Gasteiger partial charge on any atom is -0.497 e. The molecule has 3 rings (SSSR count). The Kier molecular flexibility index (Phi) is 2.75. The number of aryl methyl sites for hydroxylation is 1. The van der Waals surface area contributed by atoms with Crippen LogP contribution in [0.15, 0.2) is 46.9 Å². The standard InChI is InChI=1S/C16H13FO2/c1-10-15(11-6-8-12(18-2)9-7-11)13-4-3-5-14(17)16(13)19-10/h3-9H,1-2H3. The summed E-state index contributed by atoms with van der Waals surface area (Å²) < 4.78 is 24.4. The number of halogens is 1. The van der Waals surface area contributed by atoms with Crippen molar-refractivity contribution in [3.8, 4) is 16.9 Å². The number of rotatable bonds is 2. The Morgan fingerprint density at radius 1 is 1.05 bits per heavy atom. The van der Waals surface area contributed by atoms with E-state index in [2.05, 4.69) is 0 Å². The molecule has 96 valence electrons. The van der Waals surface area contributed by atoms with Crippen molar-refractivity contribution in [2.75, 3.05) is 7.11 Å². The van der Waals surface area contributed by atoms with Crippen LogP contribution in [-0.4, -0.2) is 7.11 Å². The van der Waals surface area contributed by atoms with Crippen LogP contribution in [0.5, 0.6) is 5.75 Å². The molecule has 0 bridgehead atoms. The first-order valence-corrected chi connectivity index (χ1v) is 6.02. The largest absolute Gasteiger partial charge is 0.497 e. The number of para-hydroxylation sites is 1. The van der Waals surface area contributed by atoms with Crippen molar-refractivity contribution >= 4 is 11.0 Å². The highest BCUT2D eigenvalue weighted by Crippen LogP contribution is 2.36. The average Bonchev–Trinajstić information content (AvgIpc) is 2.77. The molecule has 0 radical (unpaired) electrons. The molecule has 0 atom stereocenters. The van der Waals surface area contributed by atoms with Crippen LogP contribution in [0.25, 0.3) is 22.1 Å². The average molecular weight is 256 g/mol. The van der Waals surface area contributed by atoms with Gasteiger partial charge in [-0.1, -0.05) is 24.3 Å². The molecule has 3 aromatic rings. The third-order valence-corrected chi connectivity index (χ3v) is 3.22. The molecule has 2 nitrogen and oxygen atoms in total. The summed E-state index contributed by atoms with van der Waals surface area (Å²) in [6.45, 7) is 1.85. The van der Waals surface area contributed by atoms with E-state index in [1.807, 2.05) is 37.3 Å². The zero-order valence-electron chi connectivity index (χ0n) is 10.7. The smallest absolute Gasteiger partial charge is 0.170 e. The van der Waals surface area contributed by atoms with Gasteiger partial charge in [-0.15, -0.1) is 0 Å². The molecule has 0 unspecified atom stereocenters. The molecule has 0 saturated carbocycles. The van der Waals surface area contributed by atoms with Crippen LogP contribution in [-0.2, 0) is 0 Å². The van der Waals surface area contributed by atoms with Crippen molar-refractivity contribution in [3.05, 3.63) is 54.0 Å². The van der Waals surface area contributed by atoms with Crippen molar-refractivity contribution in [2.45, 2.75) is 6.92 Å². The molecule has 0 spiro atoms. The first-order valence-electron chi connectivity index (χ1n) is 6.02. The second kappa shape index (κ2) is 4.43. The third-order valence-electron chi connectivity index (χ3n) is 3.22. The second-order valence-electron chi connectivity index (χ2n) is 4.38. The minimum atomic E-state index is -0.333. The van der Waals surface area contributed by atoms with Gasteiger partial charge in [-0.3, -0.25) is 0 Å². The number of hydrogen-bond donors (Lipinski definition) is 0. The van der Waals surface area contributed by atoms with Gasteiger partial charge in [0.1, 0.15) is 11.5 Å². The molecule has 0 aliphatic heterocycles. The molecule has 1 aromatic heterocycles. The zero-order valence-corrected chi connectivity index (χ0v) is 10.7. The highest BCUT2D eigenvalue weighted by Gasteiger charge is 2.15. The SMILES string of the molecule is COc1ccc(-c2c(C)oc3c(F)cccc23)cc1. The predicted molar refractivity (Wildman–Crippen MR) is 72.9 cm³/mol. The van der Waals surface area contributed by atoms with E-state index >= 15 is 0 Å². The predicted octanol–water partition coefficient (Wildman–Crippen LogP) is 4.56. The Hall–Kier alpha value is -2.29. The van der Waals surface area contributed by atoms with Gasteiger partial charge in [0, 0.05) is 10.9 Å². The van der Waals surface area contributed by atoms with Crippen LogP contribution in [0, 0.1) is 12.7 Å². The Balaban J connectivity index is 2.23. The lowest BCUT2D eigenvalue weighted by atomic mass is 10.0. The third kappa shape index (κ3) is 1.87. The van der Waals surface area contributed by atoms with E-state index in [-0.39, 0.29) is 5.82 Å². The summed E-state index contributed by atoms with van der Waals surface area (Å²) in [7, 11) is 1.63. The fraction of sp³-hybridized carbons (Fsp3) is 0.125. The number of ether oxygens (including phenoxy) is 1. The normalized spacial score (nSPS) is 10.9. The Bertz CT molecular complexity index is 726. The monoisotopic (exact) mass is 256 g/mol. The van der Waals surface area contributed by atoms with Crippen molar-refractivity contribution in [1.29, 1.82) is 0 Å². The maximum absolute atomic E-state index is 13.7. The topological polar surface area (TPSA) is 22.4 Å². The summed E-state index contributed by atoms with van der Waals surface area (Å²) in [6.07, 6.45) is 0. The molecule has 0 N–H and O–H groups in total. The molecule has 0 saturated heterocycles. The van der Waals surface area contributed by atoms with Gasteiger partial charge < -0.3 is 9.15 Å². The molecule has 0 fully saturated rings. The molecule has 1 heterocycles. The van der Waals surface area contributed by atoms with E-state index in [1.54, 1.807) is 13.2 Å². The van der Waals surface area contributed by atoms with E-state index in [0.717, 1.165) is 22.3 Å². The molecule has 0 aliphatic carbocycles. The summed E-state index contributed by atoms with van der Waals surface area (Å²) in [5.74, 6) is 1.17. The Morgan fingerprint density at radius 3 is 2.47 bits per heavy atom. The van der Waals surface area contributed by atoms with Gasteiger partial charge in [0.15, 0.2) is 11.4 Å². The van der Waals surface area contributed by atoms with Gasteiger partial charge >= 0.3 is 0 Å². The Labute approximate surface area is 110 Å². The first-order chi connectivity index (χ1) is 9.20. The molecule has 2 aromatic carbocycles. The maximum atomic E-state index is 13.7. The highest BCUT2D eigenvalue weighted by molar-refractivity contribution is 5.95. The molecular formula is C16H13FO2. The lowest BCUT2D eigenvalue weighted by molar-refractivity contribution is 0.415. The van der Waals surface area contributed by atoms with Crippen molar-refractivity contribution in [1.82, 2.24) is 0 Å². The van der Waals surface area contributed by atoms with Crippen LogP contribution < -0.4 is 4.74 Å². The van der Waals surface area contributed by atoms with E-state index in [9.17, 15) is 4.39 Å². The first kappa shape index (κ1) is 11.8. The Morgan fingerprint density at radius 2 is 1.79 bits per heavy atom. The summed E-state index contributed by atoms with van der Waals surface area (Å²) in [6, 6.07) is 12.6. The summed E-state index contributed by atoms with van der Waals surface area (Å²) >= 11 is 0. The van der Waals surface area contributed by atoms with E-state index in [1.165, 1.54) is 6.07 Å². The fourth-order valence-electron chi connectivity index (χ4n) is 2.32. The molecule has 3 heteroatoms. The van der Waals surface area contributed by atoms with E-state index < -0.39 is 0 Å². The molecule has 0 amide bonds. The van der Waals surface area contributed by atoms with Gasteiger partial charge in [0.25, 0.3) is 0 Å². The van der Waals surface area contributed by atoms with Crippen LogP contribution in [0.4, 0.5) is 4.39 Å². The molecular weight excluding hydrogens is 243 g/mol. The number of hydrogen-bond acceptors (Lipinski definition) is 2. The van der Waals surface area contributed by atoms with Crippen LogP contribution in [0.3, 0.4) is 0 Å². The van der Waals surface area contributed by atoms with Crippen molar-refractivity contribution in [3.63, 3.8) is 0 Å². The van der Waals surface area contributed by atoms with E-state index in [4.69, 9.17) is 9.15 Å². The number of methoxy groups -OCH3 is 1. The van der Waals surface area contributed by atoms with Crippen molar-refractivity contribution < 1.29 is 13.5 Å². The van der Waals surface area contributed by atoms with Crippen molar-refractivity contribution in [2.24, 2.45) is 0 Å². The van der Waals surface area contributed by atoms with Crippen LogP contribution in [0.2, 0.25) is 0 Å². The molecule has 0 aliphatic rings. The molecule has 19 heavy (non-hydrogen) atoms. The van der Waals surface area contributed by atoms with Gasteiger partial charge in [0.2, 0.25) is 0 Å². The maximum Gasteiger partial charge on any atom is 0.170 e. The highest BCUT2D eigenvalue weighted by atomic mass is 19.1. The quantitative estimate of drug-likeness (QED) is 0.670. The number of furan rings is 1. The minimum absolute atomic E-state index is 0.311. The fourth-order valence-corrected chi connectivity index (χ4v) is 2.32. The van der Waals surface area contributed by atoms with Crippen LogP contribution >= 0.6 is 0 Å². The second-order valence-corrected chi connectivity index (χ2v) is 4.38.